The topological polar surface area (TPSA) is 44.3 Å². The van der Waals surface area contributed by atoms with Crippen LogP contribution in [0, 0.1) is 5.92 Å². The van der Waals surface area contributed by atoms with Gasteiger partial charge in [-0.05, 0) is 55.9 Å². The van der Waals surface area contributed by atoms with Gasteiger partial charge in [0, 0.05) is 43.6 Å². The lowest BCUT2D eigenvalue weighted by Crippen LogP contribution is -2.32. The van der Waals surface area contributed by atoms with Crippen molar-refractivity contribution in [2.24, 2.45) is 5.92 Å². The molecule has 0 radical (unpaired) electrons. The van der Waals surface area contributed by atoms with Crippen molar-refractivity contribution >= 4 is 23.0 Å². The first-order valence-corrected chi connectivity index (χ1v) is 10.5. The molecule has 2 aliphatic rings. The largest absolute Gasteiger partial charge is 0.372 e. The molecular formula is C22H31N5. The van der Waals surface area contributed by atoms with Gasteiger partial charge in [-0.25, -0.2) is 9.97 Å². The van der Waals surface area contributed by atoms with Crippen LogP contribution in [-0.4, -0.2) is 36.1 Å². The first-order chi connectivity index (χ1) is 13.3. The molecule has 0 spiro atoms. The summed E-state index contributed by atoms with van der Waals surface area (Å²) in [5.74, 6) is 2.76. The number of anilines is 4. The summed E-state index contributed by atoms with van der Waals surface area (Å²) in [6, 6.07) is 10.8. The van der Waals surface area contributed by atoms with E-state index in [1.807, 2.05) is 0 Å². The van der Waals surface area contributed by atoms with Gasteiger partial charge in [-0.2, -0.15) is 0 Å². The molecule has 2 fully saturated rings. The molecule has 4 rings (SSSR count). The van der Waals surface area contributed by atoms with Crippen molar-refractivity contribution in [3.63, 3.8) is 0 Å². The average molecular weight is 366 g/mol. The van der Waals surface area contributed by atoms with E-state index in [9.17, 15) is 0 Å². The van der Waals surface area contributed by atoms with Gasteiger partial charge in [0.1, 0.15) is 18.0 Å². The fourth-order valence-electron chi connectivity index (χ4n) is 4.06. The summed E-state index contributed by atoms with van der Waals surface area (Å²) in [5.41, 5.74) is 2.39. The van der Waals surface area contributed by atoms with Crippen LogP contribution in [0.3, 0.4) is 0 Å². The van der Waals surface area contributed by atoms with Crippen LogP contribution < -0.4 is 15.1 Å². The number of aromatic nitrogens is 2. The molecule has 1 N–H and O–H groups in total. The van der Waals surface area contributed by atoms with Crippen molar-refractivity contribution in [1.29, 1.82) is 0 Å². The quantitative estimate of drug-likeness (QED) is 0.840. The Bertz CT molecular complexity index is 714. The van der Waals surface area contributed by atoms with Gasteiger partial charge < -0.3 is 15.1 Å². The molecule has 3 heterocycles. The van der Waals surface area contributed by atoms with Crippen LogP contribution in [0.4, 0.5) is 23.0 Å². The Morgan fingerprint density at radius 3 is 2.26 bits per heavy atom. The van der Waals surface area contributed by atoms with E-state index in [0.717, 1.165) is 36.3 Å². The smallest absolute Gasteiger partial charge is 0.135 e. The van der Waals surface area contributed by atoms with Crippen LogP contribution in [0.25, 0.3) is 0 Å². The molecule has 2 aliphatic heterocycles. The molecule has 0 amide bonds. The third-order valence-corrected chi connectivity index (χ3v) is 5.87. The van der Waals surface area contributed by atoms with Crippen molar-refractivity contribution in [2.75, 3.05) is 41.3 Å². The fraction of sp³-hybridized carbons (Fsp3) is 0.545. The maximum atomic E-state index is 4.50. The number of hydrogen-bond donors (Lipinski definition) is 1. The SMILES string of the molecule is CC1CCN(c2ccc(Nc3cc(N4CCCCCC4)ncn3)cc2)CC1. The Hall–Kier alpha value is -2.30. The van der Waals surface area contributed by atoms with Gasteiger partial charge in [-0.1, -0.05) is 19.8 Å². The van der Waals surface area contributed by atoms with E-state index < -0.39 is 0 Å². The maximum Gasteiger partial charge on any atom is 0.135 e. The zero-order valence-electron chi connectivity index (χ0n) is 16.4. The summed E-state index contributed by atoms with van der Waals surface area (Å²) < 4.78 is 0. The molecule has 0 saturated carbocycles. The summed E-state index contributed by atoms with van der Waals surface area (Å²) >= 11 is 0. The Balaban J connectivity index is 1.41. The number of benzene rings is 1. The second kappa shape index (κ2) is 8.59. The maximum absolute atomic E-state index is 4.50. The molecule has 27 heavy (non-hydrogen) atoms. The minimum atomic E-state index is 0.860. The van der Waals surface area contributed by atoms with E-state index in [1.54, 1.807) is 6.33 Å². The van der Waals surface area contributed by atoms with Crippen LogP contribution in [0.15, 0.2) is 36.7 Å². The monoisotopic (exact) mass is 365 g/mol. The molecule has 0 atom stereocenters. The Labute approximate surface area is 162 Å². The summed E-state index contributed by atoms with van der Waals surface area (Å²) in [7, 11) is 0. The van der Waals surface area contributed by atoms with Crippen LogP contribution >= 0.6 is 0 Å². The van der Waals surface area contributed by atoms with Gasteiger partial charge in [0.25, 0.3) is 0 Å². The minimum absolute atomic E-state index is 0.860. The summed E-state index contributed by atoms with van der Waals surface area (Å²) in [6.45, 7) is 6.88. The molecule has 0 aliphatic carbocycles. The van der Waals surface area contributed by atoms with Crippen LogP contribution in [-0.2, 0) is 0 Å². The second-order valence-corrected chi connectivity index (χ2v) is 8.00. The van der Waals surface area contributed by atoms with Crippen LogP contribution in [0.5, 0.6) is 0 Å². The van der Waals surface area contributed by atoms with E-state index in [0.29, 0.717) is 0 Å². The molecule has 2 saturated heterocycles. The number of rotatable bonds is 4. The molecule has 1 aromatic heterocycles. The summed E-state index contributed by atoms with van der Waals surface area (Å²) in [6.07, 6.45) is 9.42. The highest BCUT2D eigenvalue weighted by Crippen LogP contribution is 2.26. The van der Waals surface area contributed by atoms with Crippen molar-refractivity contribution < 1.29 is 0 Å². The predicted octanol–water partition coefficient (Wildman–Crippen LogP) is 4.84. The number of piperidine rings is 1. The lowest BCUT2D eigenvalue weighted by molar-refractivity contribution is 0.438. The molecule has 5 heteroatoms. The lowest BCUT2D eigenvalue weighted by atomic mass is 9.99. The molecule has 144 valence electrons. The molecule has 0 unspecified atom stereocenters. The third kappa shape index (κ3) is 4.71. The van der Waals surface area contributed by atoms with Crippen molar-refractivity contribution in [2.45, 2.75) is 45.4 Å². The van der Waals surface area contributed by atoms with Gasteiger partial charge in [0.15, 0.2) is 0 Å². The van der Waals surface area contributed by atoms with E-state index in [2.05, 4.69) is 62.3 Å². The molecule has 2 aromatic rings. The van der Waals surface area contributed by atoms with Gasteiger partial charge in [0.05, 0.1) is 0 Å². The number of nitrogens with zero attached hydrogens (tertiary/aromatic N) is 4. The van der Waals surface area contributed by atoms with Gasteiger partial charge in [-0.3, -0.25) is 0 Å². The Kier molecular flexibility index (Phi) is 5.75. The highest BCUT2D eigenvalue weighted by atomic mass is 15.2. The second-order valence-electron chi connectivity index (χ2n) is 8.00. The summed E-state index contributed by atoms with van der Waals surface area (Å²) in [5, 5.41) is 3.44. The first kappa shape index (κ1) is 18.1. The molecular weight excluding hydrogens is 334 g/mol. The highest BCUT2D eigenvalue weighted by Gasteiger charge is 2.16. The number of hydrogen-bond acceptors (Lipinski definition) is 5. The van der Waals surface area contributed by atoms with Gasteiger partial charge in [-0.15, -0.1) is 0 Å². The third-order valence-electron chi connectivity index (χ3n) is 5.87. The normalized spacial score (nSPS) is 19.0. The average Bonchev–Trinajstić information content (AvgIpc) is 2.99. The zero-order chi connectivity index (χ0) is 18.5. The lowest BCUT2D eigenvalue weighted by Gasteiger charge is -2.32. The molecule has 0 bridgehead atoms. The minimum Gasteiger partial charge on any atom is -0.372 e. The van der Waals surface area contributed by atoms with Crippen LogP contribution in [0.1, 0.15) is 45.4 Å². The van der Waals surface area contributed by atoms with Crippen molar-refractivity contribution in [3.05, 3.63) is 36.7 Å². The molecule has 1 aromatic carbocycles. The van der Waals surface area contributed by atoms with E-state index >= 15 is 0 Å². The van der Waals surface area contributed by atoms with Gasteiger partial charge >= 0.3 is 0 Å². The van der Waals surface area contributed by atoms with Crippen molar-refractivity contribution in [3.8, 4) is 0 Å². The van der Waals surface area contributed by atoms with E-state index in [4.69, 9.17) is 0 Å². The number of nitrogens with one attached hydrogen (secondary N) is 1. The van der Waals surface area contributed by atoms with Crippen molar-refractivity contribution in [1.82, 2.24) is 9.97 Å². The fourth-order valence-corrected chi connectivity index (χ4v) is 4.06. The zero-order valence-corrected chi connectivity index (χ0v) is 16.4. The Morgan fingerprint density at radius 2 is 1.56 bits per heavy atom. The van der Waals surface area contributed by atoms with Gasteiger partial charge in [0.2, 0.25) is 0 Å². The first-order valence-electron chi connectivity index (χ1n) is 10.5. The molecule has 5 nitrogen and oxygen atoms in total. The van der Waals surface area contributed by atoms with E-state index in [-0.39, 0.29) is 0 Å². The standard InChI is InChI=1S/C22H31N5/c1-18-10-14-26(15-11-18)20-8-6-19(7-9-20)25-21-16-22(24-17-23-21)27-12-4-2-3-5-13-27/h6-9,16-18H,2-5,10-15H2,1H3,(H,23,24,25). The van der Waals surface area contributed by atoms with Crippen LogP contribution in [0.2, 0.25) is 0 Å². The predicted molar refractivity (Wildman–Crippen MR) is 113 cm³/mol. The van der Waals surface area contributed by atoms with E-state index in [1.165, 1.54) is 57.3 Å². The Morgan fingerprint density at radius 1 is 0.852 bits per heavy atom. The summed E-state index contributed by atoms with van der Waals surface area (Å²) in [4.78, 5) is 13.8. The highest BCUT2D eigenvalue weighted by molar-refractivity contribution is 5.62.